The highest BCUT2D eigenvalue weighted by molar-refractivity contribution is 9.10. The van der Waals surface area contributed by atoms with Crippen LogP contribution in [0.4, 0.5) is 0 Å². The quantitative estimate of drug-likeness (QED) is 0.599. The molecule has 2 nitrogen and oxygen atoms in total. The first-order chi connectivity index (χ1) is 7.29. The Morgan fingerprint density at radius 2 is 2.00 bits per heavy atom. The van der Waals surface area contributed by atoms with E-state index in [1.807, 2.05) is 26.8 Å². The molecule has 0 bridgehead atoms. The molecule has 0 aliphatic heterocycles. The van der Waals surface area contributed by atoms with Crippen LogP contribution in [0.5, 0.6) is 0 Å². The molecule has 0 aliphatic carbocycles. The second-order valence-corrected chi connectivity index (χ2v) is 7.58. The van der Waals surface area contributed by atoms with Crippen molar-refractivity contribution in [2.24, 2.45) is 4.40 Å². The zero-order valence-corrected chi connectivity index (χ0v) is 12.5. The van der Waals surface area contributed by atoms with Gasteiger partial charge < -0.3 is 4.55 Å². The van der Waals surface area contributed by atoms with Gasteiger partial charge in [0.1, 0.15) is 16.1 Å². The van der Waals surface area contributed by atoms with E-state index in [0.717, 1.165) is 10.0 Å². The Balaban J connectivity index is 2.84. The zero-order valence-electron chi connectivity index (χ0n) is 9.33. The van der Waals surface area contributed by atoms with Crippen LogP contribution < -0.4 is 0 Å². The highest BCUT2D eigenvalue weighted by Crippen LogP contribution is 2.20. The third kappa shape index (κ3) is 4.45. The number of hydrogen-bond acceptors (Lipinski definition) is 2. The van der Waals surface area contributed by atoms with E-state index < -0.39 is 11.4 Å². The minimum Gasteiger partial charge on any atom is -0.591 e. The van der Waals surface area contributed by atoms with E-state index in [2.05, 4.69) is 20.3 Å². The van der Waals surface area contributed by atoms with Crippen molar-refractivity contribution in [3.8, 4) is 0 Å². The molecule has 0 aromatic heterocycles. The van der Waals surface area contributed by atoms with E-state index in [-0.39, 0.29) is 4.75 Å². The Labute approximate surface area is 113 Å². The SMILES string of the molecule is CC(C)(C)[S+]([O-])/N=C\c1cc(Cl)cc(Br)c1. The Hall–Kier alpha value is -0.0300. The minimum atomic E-state index is -1.24. The van der Waals surface area contributed by atoms with Gasteiger partial charge in [0.25, 0.3) is 0 Å². The summed E-state index contributed by atoms with van der Waals surface area (Å²) in [6.07, 6.45) is 1.58. The lowest BCUT2D eigenvalue weighted by Gasteiger charge is -2.17. The third-order valence-electron chi connectivity index (χ3n) is 1.71. The summed E-state index contributed by atoms with van der Waals surface area (Å²) in [5, 5.41) is 0.623. The summed E-state index contributed by atoms with van der Waals surface area (Å²) in [5.74, 6) is 0. The molecule has 0 N–H and O–H groups in total. The summed E-state index contributed by atoms with van der Waals surface area (Å²) in [7, 11) is 0. The molecule has 1 atom stereocenters. The van der Waals surface area contributed by atoms with Gasteiger partial charge in [-0.05, 0) is 44.5 Å². The Bertz CT molecular complexity index is 383. The number of hydrogen-bond donors (Lipinski definition) is 0. The predicted molar refractivity (Wildman–Crippen MR) is 74.6 cm³/mol. The molecule has 1 aromatic rings. The van der Waals surface area contributed by atoms with Gasteiger partial charge in [0.05, 0.1) is 6.21 Å². The first-order valence-corrected chi connectivity index (χ1v) is 6.99. The van der Waals surface area contributed by atoms with Gasteiger partial charge in [-0.1, -0.05) is 31.9 Å². The second-order valence-electron chi connectivity index (χ2n) is 4.30. The molecule has 1 rings (SSSR count). The fourth-order valence-electron chi connectivity index (χ4n) is 0.917. The molecule has 88 valence electrons. The van der Waals surface area contributed by atoms with Crippen molar-refractivity contribution in [2.75, 3.05) is 0 Å². The van der Waals surface area contributed by atoms with Crippen molar-refractivity contribution >= 4 is 45.1 Å². The molecule has 5 heteroatoms. The summed E-state index contributed by atoms with van der Waals surface area (Å²) in [6, 6.07) is 5.44. The Morgan fingerprint density at radius 1 is 1.38 bits per heavy atom. The molecule has 16 heavy (non-hydrogen) atoms. The maximum atomic E-state index is 11.7. The van der Waals surface area contributed by atoms with Crippen molar-refractivity contribution in [1.29, 1.82) is 0 Å². The van der Waals surface area contributed by atoms with Gasteiger partial charge in [0.2, 0.25) is 0 Å². The third-order valence-corrected chi connectivity index (χ3v) is 3.73. The van der Waals surface area contributed by atoms with E-state index in [1.54, 1.807) is 18.3 Å². The average Bonchev–Trinajstić information content (AvgIpc) is 2.11. The molecule has 0 aliphatic rings. The van der Waals surface area contributed by atoms with Crippen LogP contribution in [0.15, 0.2) is 27.1 Å². The number of halogens is 2. The van der Waals surface area contributed by atoms with Crippen LogP contribution in [-0.4, -0.2) is 15.5 Å². The van der Waals surface area contributed by atoms with Gasteiger partial charge in [0.15, 0.2) is 0 Å². The fourth-order valence-corrected chi connectivity index (χ4v) is 2.34. The standard InChI is InChI=1S/C11H13BrClNOS/c1-11(2,3)16(15)14-7-8-4-9(12)6-10(13)5-8/h4-7H,1-3H3/b14-7-. The van der Waals surface area contributed by atoms with E-state index in [4.69, 9.17) is 11.6 Å². The predicted octanol–water partition coefficient (Wildman–Crippen LogP) is 3.98. The van der Waals surface area contributed by atoms with E-state index in [9.17, 15) is 4.55 Å². The lowest BCUT2D eigenvalue weighted by atomic mass is 10.2. The van der Waals surface area contributed by atoms with Gasteiger partial charge in [-0.25, -0.2) is 0 Å². The molecular weight excluding hydrogens is 310 g/mol. The van der Waals surface area contributed by atoms with Crippen LogP contribution >= 0.6 is 27.5 Å². The highest BCUT2D eigenvalue weighted by Gasteiger charge is 2.25. The van der Waals surface area contributed by atoms with Crippen molar-refractivity contribution in [1.82, 2.24) is 0 Å². The van der Waals surface area contributed by atoms with Gasteiger partial charge in [-0.15, -0.1) is 0 Å². The van der Waals surface area contributed by atoms with E-state index >= 15 is 0 Å². The number of rotatable bonds is 2. The largest absolute Gasteiger partial charge is 0.591 e. The summed E-state index contributed by atoms with van der Waals surface area (Å²) in [5.41, 5.74) is 0.831. The molecule has 0 saturated heterocycles. The fraction of sp³-hybridized carbons (Fsp3) is 0.364. The Kier molecular flexibility index (Phi) is 4.86. The molecule has 1 unspecified atom stereocenters. The van der Waals surface area contributed by atoms with Gasteiger partial charge in [0, 0.05) is 9.50 Å². The number of nitrogens with zero attached hydrogens (tertiary/aromatic N) is 1. The minimum absolute atomic E-state index is 0.341. The average molecular weight is 323 g/mol. The number of benzene rings is 1. The molecule has 0 saturated carbocycles. The molecule has 1 aromatic carbocycles. The molecule has 0 fully saturated rings. The Morgan fingerprint density at radius 3 is 2.50 bits per heavy atom. The lowest BCUT2D eigenvalue weighted by molar-refractivity contribution is 0.562. The van der Waals surface area contributed by atoms with E-state index in [0.29, 0.717) is 5.02 Å². The normalized spacial score (nSPS) is 14.4. The zero-order chi connectivity index (χ0) is 12.3. The molecule has 0 amide bonds. The van der Waals surface area contributed by atoms with Gasteiger partial charge in [-0.3, -0.25) is 0 Å². The van der Waals surface area contributed by atoms with Crippen LogP contribution in [-0.2, 0) is 11.4 Å². The monoisotopic (exact) mass is 321 g/mol. The second kappa shape index (κ2) is 5.54. The molecule has 0 heterocycles. The van der Waals surface area contributed by atoms with Crippen LogP contribution in [0, 0.1) is 0 Å². The van der Waals surface area contributed by atoms with Crippen molar-refractivity contribution in [3.05, 3.63) is 33.3 Å². The van der Waals surface area contributed by atoms with Crippen molar-refractivity contribution in [3.63, 3.8) is 0 Å². The summed E-state index contributed by atoms with van der Waals surface area (Å²) in [6.45, 7) is 5.65. The lowest BCUT2D eigenvalue weighted by Crippen LogP contribution is -2.25. The summed E-state index contributed by atoms with van der Waals surface area (Å²) >= 11 is 7.99. The molecule has 0 radical (unpaired) electrons. The van der Waals surface area contributed by atoms with Gasteiger partial charge >= 0.3 is 0 Å². The van der Waals surface area contributed by atoms with Crippen LogP contribution in [0.3, 0.4) is 0 Å². The van der Waals surface area contributed by atoms with Gasteiger partial charge in [-0.2, -0.15) is 0 Å². The topological polar surface area (TPSA) is 35.4 Å². The summed E-state index contributed by atoms with van der Waals surface area (Å²) in [4.78, 5) is 0. The maximum absolute atomic E-state index is 11.7. The van der Waals surface area contributed by atoms with Crippen LogP contribution in [0.2, 0.25) is 5.02 Å². The smallest absolute Gasteiger partial charge is 0.144 e. The summed E-state index contributed by atoms with van der Waals surface area (Å²) < 4.78 is 16.2. The maximum Gasteiger partial charge on any atom is 0.144 e. The van der Waals surface area contributed by atoms with Crippen molar-refractivity contribution < 1.29 is 4.55 Å². The van der Waals surface area contributed by atoms with E-state index in [1.165, 1.54) is 0 Å². The van der Waals surface area contributed by atoms with Crippen LogP contribution in [0.1, 0.15) is 26.3 Å². The highest BCUT2D eigenvalue weighted by atomic mass is 79.9. The molecular formula is C11H13BrClNOS. The first kappa shape index (κ1) is 14.0. The van der Waals surface area contributed by atoms with Crippen molar-refractivity contribution in [2.45, 2.75) is 25.5 Å². The molecule has 0 spiro atoms. The van der Waals surface area contributed by atoms with Crippen LogP contribution in [0.25, 0.3) is 0 Å². The first-order valence-electron chi connectivity index (χ1n) is 4.71.